The molecule has 0 aliphatic carbocycles. The first-order chi connectivity index (χ1) is 7.78. The van der Waals surface area contributed by atoms with Gasteiger partial charge in [0.15, 0.2) is 0 Å². The number of nitrogens with zero attached hydrogens (tertiary/aromatic N) is 2. The van der Waals surface area contributed by atoms with E-state index in [9.17, 15) is 0 Å². The van der Waals surface area contributed by atoms with Crippen molar-refractivity contribution in [1.29, 1.82) is 0 Å². The van der Waals surface area contributed by atoms with E-state index in [-0.39, 0.29) is 0 Å². The standard InChI is InChI=1S/C12H8Br2N2/c1-2-8-3-4-9-10(5-8)16-12(7-14)11(6-13)15-9/h1,3-5H,6-7H2. The summed E-state index contributed by atoms with van der Waals surface area (Å²) in [5, 5.41) is 1.39. The van der Waals surface area contributed by atoms with Gasteiger partial charge < -0.3 is 0 Å². The lowest BCUT2D eigenvalue weighted by atomic mass is 10.2. The summed E-state index contributed by atoms with van der Waals surface area (Å²) in [6.07, 6.45) is 5.35. The van der Waals surface area contributed by atoms with Crippen molar-refractivity contribution in [3.8, 4) is 12.3 Å². The molecular formula is C12H8Br2N2. The summed E-state index contributed by atoms with van der Waals surface area (Å²) >= 11 is 6.81. The van der Waals surface area contributed by atoms with Gasteiger partial charge in [-0.05, 0) is 18.2 Å². The molecule has 0 saturated carbocycles. The van der Waals surface area contributed by atoms with E-state index in [0.29, 0.717) is 10.7 Å². The molecule has 0 N–H and O–H groups in total. The Hall–Kier alpha value is -0.920. The summed E-state index contributed by atoms with van der Waals surface area (Å²) in [7, 11) is 0. The third-order valence-corrected chi connectivity index (χ3v) is 3.30. The average molecular weight is 340 g/mol. The van der Waals surface area contributed by atoms with Crippen molar-refractivity contribution in [2.45, 2.75) is 10.7 Å². The largest absolute Gasteiger partial charge is 0.248 e. The molecule has 0 aliphatic heterocycles. The summed E-state index contributed by atoms with van der Waals surface area (Å²) in [6, 6.07) is 5.66. The van der Waals surface area contributed by atoms with Crippen LogP contribution in [0.3, 0.4) is 0 Å². The lowest BCUT2D eigenvalue weighted by Gasteiger charge is -2.05. The van der Waals surface area contributed by atoms with Crippen LogP contribution in [0.25, 0.3) is 11.0 Å². The fourth-order valence-corrected chi connectivity index (χ4v) is 2.33. The Labute approximate surface area is 111 Å². The Morgan fingerprint density at radius 2 is 1.69 bits per heavy atom. The topological polar surface area (TPSA) is 25.8 Å². The molecule has 0 bridgehead atoms. The monoisotopic (exact) mass is 338 g/mol. The van der Waals surface area contributed by atoms with E-state index in [4.69, 9.17) is 6.42 Å². The Morgan fingerprint density at radius 3 is 2.25 bits per heavy atom. The number of aromatic nitrogens is 2. The highest BCUT2D eigenvalue weighted by molar-refractivity contribution is 9.09. The second kappa shape index (κ2) is 4.94. The average Bonchev–Trinajstić information content (AvgIpc) is 2.36. The maximum Gasteiger partial charge on any atom is 0.0903 e. The summed E-state index contributed by atoms with van der Waals surface area (Å²) in [4.78, 5) is 9.07. The van der Waals surface area contributed by atoms with Gasteiger partial charge in [0.05, 0.1) is 22.4 Å². The van der Waals surface area contributed by atoms with Crippen LogP contribution in [-0.4, -0.2) is 9.97 Å². The number of benzene rings is 1. The molecule has 1 heterocycles. The van der Waals surface area contributed by atoms with Crippen molar-refractivity contribution in [1.82, 2.24) is 9.97 Å². The van der Waals surface area contributed by atoms with Gasteiger partial charge in [0.1, 0.15) is 0 Å². The third kappa shape index (κ3) is 2.11. The fourth-order valence-electron chi connectivity index (χ4n) is 1.43. The van der Waals surface area contributed by atoms with Crippen LogP contribution in [0, 0.1) is 12.3 Å². The summed E-state index contributed by atoms with van der Waals surface area (Å²) in [5.41, 5.74) is 4.44. The van der Waals surface area contributed by atoms with Crippen molar-refractivity contribution in [3.05, 3.63) is 35.2 Å². The first kappa shape index (κ1) is 11.6. The van der Waals surface area contributed by atoms with E-state index in [0.717, 1.165) is 28.0 Å². The number of terminal acetylenes is 1. The van der Waals surface area contributed by atoms with Gasteiger partial charge in [0.25, 0.3) is 0 Å². The van der Waals surface area contributed by atoms with E-state index in [2.05, 4.69) is 47.7 Å². The number of alkyl halides is 2. The van der Waals surface area contributed by atoms with Gasteiger partial charge in [-0.3, -0.25) is 0 Å². The van der Waals surface area contributed by atoms with Crippen LogP contribution in [0.5, 0.6) is 0 Å². The smallest absolute Gasteiger partial charge is 0.0903 e. The predicted octanol–water partition coefficient (Wildman–Crippen LogP) is 3.40. The van der Waals surface area contributed by atoms with Gasteiger partial charge in [0.2, 0.25) is 0 Å². The SMILES string of the molecule is C#Cc1ccc2nc(CBr)c(CBr)nc2c1. The van der Waals surface area contributed by atoms with Crippen LogP contribution in [-0.2, 0) is 10.7 Å². The molecule has 4 heteroatoms. The molecular weight excluding hydrogens is 332 g/mol. The quantitative estimate of drug-likeness (QED) is 0.619. The molecule has 1 aromatic carbocycles. The minimum Gasteiger partial charge on any atom is -0.248 e. The van der Waals surface area contributed by atoms with Gasteiger partial charge >= 0.3 is 0 Å². The Bertz CT molecular complexity index is 573. The second-order valence-electron chi connectivity index (χ2n) is 3.23. The van der Waals surface area contributed by atoms with Crippen LogP contribution in [0.1, 0.15) is 17.0 Å². The molecule has 2 nitrogen and oxygen atoms in total. The highest BCUT2D eigenvalue weighted by atomic mass is 79.9. The minimum absolute atomic E-state index is 0.692. The second-order valence-corrected chi connectivity index (χ2v) is 4.35. The molecule has 0 amide bonds. The highest BCUT2D eigenvalue weighted by Gasteiger charge is 2.06. The van der Waals surface area contributed by atoms with Crippen LogP contribution >= 0.6 is 31.9 Å². The Morgan fingerprint density at radius 1 is 1.06 bits per heavy atom. The maximum atomic E-state index is 5.35. The fraction of sp³-hybridized carbons (Fsp3) is 0.167. The van der Waals surface area contributed by atoms with Crippen LogP contribution in [0.2, 0.25) is 0 Å². The zero-order chi connectivity index (χ0) is 11.5. The first-order valence-electron chi connectivity index (χ1n) is 4.66. The van der Waals surface area contributed by atoms with Gasteiger partial charge in [-0.15, -0.1) is 6.42 Å². The highest BCUT2D eigenvalue weighted by Crippen LogP contribution is 2.18. The molecule has 0 spiro atoms. The number of hydrogen-bond donors (Lipinski definition) is 0. The summed E-state index contributed by atoms with van der Waals surface area (Å²) < 4.78 is 0. The molecule has 2 aromatic rings. The number of rotatable bonds is 2. The molecule has 2 rings (SSSR count). The van der Waals surface area contributed by atoms with Crippen molar-refractivity contribution in [2.24, 2.45) is 0 Å². The maximum absolute atomic E-state index is 5.35. The number of hydrogen-bond acceptors (Lipinski definition) is 2. The zero-order valence-corrected chi connectivity index (χ0v) is 11.5. The molecule has 0 atom stereocenters. The molecule has 0 fully saturated rings. The summed E-state index contributed by atoms with van der Waals surface area (Å²) in [6.45, 7) is 0. The van der Waals surface area contributed by atoms with Gasteiger partial charge in [0, 0.05) is 16.2 Å². The third-order valence-electron chi connectivity index (χ3n) is 2.24. The predicted molar refractivity (Wildman–Crippen MR) is 72.7 cm³/mol. The minimum atomic E-state index is 0.692. The lowest BCUT2D eigenvalue weighted by molar-refractivity contribution is 1.08. The van der Waals surface area contributed by atoms with Crippen molar-refractivity contribution < 1.29 is 0 Å². The van der Waals surface area contributed by atoms with Crippen LogP contribution < -0.4 is 0 Å². The Balaban J connectivity index is 2.69. The summed E-state index contributed by atoms with van der Waals surface area (Å²) in [5.74, 6) is 2.60. The molecule has 0 aliphatic rings. The molecule has 16 heavy (non-hydrogen) atoms. The molecule has 0 saturated heterocycles. The molecule has 0 unspecified atom stereocenters. The van der Waals surface area contributed by atoms with E-state index in [1.807, 2.05) is 18.2 Å². The normalized spacial score (nSPS) is 10.3. The zero-order valence-electron chi connectivity index (χ0n) is 8.37. The van der Waals surface area contributed by atoms with Gasteiger partial charge in [-0.1, -0.05) is 37.8 Å². The molecule has 1 aromatic heterocycles. The number of halogens is 2. The molecule has 80 valence electrons. The van der Waals surface area contributed by atoms with E-state index < -0.39 is 0 Å². The number of fused-ring (bicyclic) bond motifs is 1. The van der Waals surface area contributed by atoms with E-state index in [1.165, 1.54) is 0 Å². The first-order valence-corrected chi connectivity index (χ1v) is 6.91. The Kier molecular flexibility index (Phi) is 3.57. The van der Waals surface area contributed by atoms with Crippen molar-refractivity contribution in [2.75, 3.05) is 0 Å². The van der Waals surface area contributed by atoms with Gasteiger partial charge in [-0.2, -0.15) is 0 Å². The lowest BCUT2D eigenvalue weighted by Crippen LogP contribution is -1.98. The van der Waals surface area contributed by atoms with E-state index in [1.54, 1.807) is 0 Å². The van der Waals surface area contributed by atoms with Crippen LogP contribution in [0.4, 0.5) is 0 Å². The van der Waals surface area contributed by atoms with Crippen molar-refractivity contribution >= 4 is 42.9 Å². The van der Waals surface area contributed by atoms with Crippen molar-refractivity contribution in [3.63, 3.8) is 0 Å². The van der Waals surface area contributed by atoms with Crippen LogP contribution in [0.15, 0.2) is 18.2 Å². The van der Waals surface area contributed by atoms with E-state index >= 15 is 0 Å². The van der Waals surface area contributed by atoms with Gasteiger partial charge in [-0.25, -0.2) is 9.97 Å². The molecule has 0 radical (unpaired) electrons.